The van der Waals surface area contributed by atoms with Gasteiger partial charge in [0.05, 0.1) is 0 Å². The molecule has 0 bridgehead atoms. The molecule has 1 amide bonds. The van der Waals surface area contributed by atoms with Crippen molar-refractivity contribution in [2.45, 2.75) is 6.92 Å². The molecule has 178 valence electrons. The van der Waals surface area contributed by atoms with Crippen molar-refractivity contribution in [1.29, 1.82) is 0 Å². The van der Waals surface area contributed by atoms with E-state index in [2.05, 4.69) is 61.2 Å². The van der Waals surface area contributed by atoms with E-state index in [1.807, 2.05) is 35.4 Å². The van der Waals surface area contributed by atoms with Crippen LogP contribution in [0.2, 0.25) is 0 Å². The fourth-order valence-corrected chi connectivity index (χ4v) is 4.21. The molecule has 2 aliphatic rings. The number of halogens is 1. The van der Waals surface area contributed by atoms with Gasteiger partial charge in [-0.25, -0.2) is 9.98 Å². The predicted octanol–water partition coefficient (Wildman–Crippen LogP) is 2.14. The summed E-state index contributed by atoms with van der Waals surface area (Å²) >= 11 is 0. The molecule has 3 heterocycles. The monoisotopic (exact) mass is 563 g/mol. The number of benzene rings is 1. The highest BCUT2D eigenvalue weighted by Gasteiger charge is 2.23. The third-order valence-corrected chi connectivity index (χ3v) is 6.01. The van der Waals surface area contributed by atoms with Crippen LogP contribution in [0.1, 0.15) is 6.92 Å². The van der Waals surface area contributed by atoms with Gasteiger partial charge in [-0.05, 0) is 31.2 Å². The quantitative estimate of drug-likeness (QED) is 0.342. The van der Waals surface area contributed by atoms with Crippen molar-refractivity contribution in [3.05, 3.63) is 54.7 Å². The second kappa shape index (κ2) is 12.6. The molecule has 0 saturated carbocycles. The van der Waals surface area contributed by atoms with Crippen LogP contribution in [0.3, 0.4) is 0 Å². The fourth-order valence-electron chi connectivity index (χ4n) is 4.21. The number of hydrogen-bond donors (Lipinski definition) is 1. The number of piperazine rings is 2. The number of nitrogens with one attached hydrogen (secondary N) is 1. The largest absolute Gasteiger partial charge is 0.368 e. The van der Waals surface area contributed by atoms with Gasteiger partial charge < -0.3 is 24.9 Å². The number of aliphatic imine (C=N–C) groups is 1. The summed E-state index contributed by atoms with van der Waals surface area (Å²) < 4.78 is 0. The minimum atomic E-state index is 0. The van der Waals surface area contributed by atoms with Crippen molar-refractivity contribution < 1.29 is 4.79 Å². The van der Waals surface area contributed by atoms with Crippen molar-refractivity contribution in [3.8, 4) is 0 Å². The Bertz CT molecular complexity index is 880. The van der Waals surface area contributed by atoms with E-state index < -0.39 is 0 Å². The molecule has 1 N–H and O–H groups in total. The number of guanidine groups is 1. The van der Waals surface area contributed by atoms with E-state index in [9.17, 15) is 4.79 Å². The van der Waals surface area contributed by atoms with Crippen molar-refractivity contribution in [2.24, 2.45) is 4.99 Å². The van der Waals surface area contributed by atoms with Crippen LogP contribution in [-0.2, 0) is 4.79 Å². The molecule has 4 rings (SSSR count). The maximum atomic E-state index is 12.8. The zero-order chi connectivity index (χ0) is 22.2. The summed E-state index contributed by atoms with van der Waals surface area (Å²) in [6, 6.07) is 16.4. The fraction of sp³-hybridized carbons (Fsp3) is 0.458. The Hall–Kier alpha value is -2.56. The van der Waals surface area contributed by atoms with Gasteiger partial charge in [0.2, 0.25) is 5.91 Å². The van der Waals surface area contributed by atoms with Crippen LogP contribution < -0.4 is 15.1 Å². The Morgan fingerprint density at radius 1 is 0.879 bits per heavy atom. The van der Waals surface area contributed by atoms with Crippen LogP contribution in [0, 0.1) is 0 Å². The van der Waals surface area contributed by atoms with Crippen LogP contribution in [0.4, 0.5) is 11.5 Å². The summed E-state index contributed by atoms with van der Waals surface area (Å²) in [5.41, 5.74) is 1.22. The van der Waals surface area contributed by atoms with E-state index >= 15 is 0 Å². The van der Waals surface area contributed by atoms with E-state index in [1.54, 1.807) is 0 Å². The number of para-hydroxylation sites is 1. The zero-order valence-corrected chi connectivity index (χ0v) is 21.6. The lowest BCUT2D eigenvalue weighted by Crippen LogP contribution is -2.53. The minimum absolute atomic E-state index is 0. The maximum absolute atomic E-state index is 12.8. The predicted molar refractivity (Wildman–Crippen MR) is 145 cm³/mol. The van der Waals surface area contributed by atoms with Gasteiger partial charge in [0.15, 0.2) is 5.96 Å². The van der Waals surface area contributed by atoms with Crippen LogP contribution in [-0.4, -0.2) is 92.1 Å². The van der Waals surface area contributed by atoms with E-state index in [0.29, 0.717) is 0 Å². The number of carbonyl (C=O) groups is 1. The van der Waals surface area contributed by atoms with Gasteiger partial charge in [0, 0.05) is 70.8 Å². The van der Waals surface area contributed by atoms with Crippen LogP contribution in [0.15, 0.2) is 59.7 Å². The smallest absolute Gasteiger partial charge is 0.244 e. The molecule has 0 atom stereocenters. The molecule has 8 nitrogen and oxygen atoms in total. The number of nitrogens with zero attached hydrogens (tertiary/aromatic N) is 6. The van der Waals surface area contributed by atoms with Crippen molar-refractivity contribution in [1.82, 2.24) is 20.1 Å². The molecule has 2 aromatic rings. The third kappa shape index (κ3) is 6.72. The Balaban J connectivity index is 0.00000306. The topological polar surface area (TPSA) is 67.3 Å². The molecule has 0 radical (unpaired) electrons. The number of anilines is 2. The molecule has 2 aliphatic heterocycles. The Morgan fingerprint density at radius 2 is 1.52 bits per heavy atom. The molecule has 1 aromatic carbocycles. The normalized spacial score (nSPS) is 16.9. The van der Waals surface area contributed by atoms with Crippen LogP contribution in [0.25, 0.3) is 0 Å². The van der Waals surface area contributed by atoms with E-state index in [4.69, 9.17) is 0 Å². The molecule has 2 saturated heterocycles. The molecule has 0 aliphatic carbocycles. The number of amides is 1. The second-order valence-corrected chi connectivity index (χ2v) is 8.04. The Kier molecular flexibility index (Phi) is 9.59. The van der Waals surface area contributed by atoms with Crippen molar-refractivity contribution in [3.63, 3.8) is 0 Å². The molecule has 0 unspecified atom stereocenters. The average Bonchev–Trinajstić information content (AvgIpc) is 2.87. The number of hydrogen-bond acceptors (Lipinski definition) is 5. The van der Waals surface area contributed by atoms with Gasteiger partial charge >= 0.3 is 0 Å². The van der Waals surface area contributed by atoms with E-state index in [0.717, 1.165) is 70.7 Å². The van der Waals surface area contributed by atoms with Crippen LogP contribution >= 0.6 is 24.0 Å². The Labute approximate surface area is 213 Å². The first-order valence-electron chi connectivity index (χ1n) is 11.5. The first-order chi connectivity index (χ1) is 15.7. The molecular weight excluding hydrogens is 529 g/mol. The molecule has 33 heavy (non-hydrogen) atoms. The molecule has 2 fully saturated rings. The third-order valence-electron chi connectivity index (χ3n) is 6.01. The lowest BCUT2D eigenvalue weighted by Gasteiger charge is -2.37. The number of carbonyl (C=O) groups excluding carboxylic acids is 1. The van der Waals surface area contributed by atoms with Crippen molar-refractivity contribution in [2.75, 3.05) is 75.2 Å². The minimum Gasteiger partial charge on any atom is -0.368 e. The van der Waals surface area contributed by atoms with Gasteiger partial charge in [-0.2, -0.15) is 0 Å². The summed E-state index contributed by atoms with van der Waals surface area (Å²) in [5.74, 6) is 1.93. The molecular formula is C24H34IN7O. The van der Waals surface area contributed by atoms with E-state index in [-0.39, 0.29) is 36.4 Å². The number of pyridine rings is 1. The lowest BCUT2D eigenvalue weighted by molar-refractivity contribution is -0.129. The lowest BCUT2D eigenvalue weighted by atomic mass is 10.2. The Morgan fingerprint density at radius 3 is 2.15 bits per heavy atom. The summed E-state index contributed by atoms with van der Waals surface area (Å²) in [5, 5.41) is 3.36. The zero-order valence-electron chi connectivity index (χ0n) is 19.3. The van der Waals surface area contributed by atoms with Crippen LogP contribution in [0.5, 0.6) is 0 Å². The first-order valence-corrected chi connectivity index (χ1v) is 11.5. The molecule has 9 heteroatoms. The number of rotatable bonds is 5. The second-order valence-electron chi connectivity index (χ2n) is 8.04. The summed E-state index contributed by atoms with van der Waals surface area (Å²) in [7, 11) is 0. The SMILES string of the molecule is CCNC(=NCC(=O)N1CCN(c2ccccc2)CC1)N1CCN(c2ccccn2)CC1.I. The van der Waals surface area contributed by atoms with E-state index in [1.165, 1.54) is 5.69 Å². The summed E-state index contributed by atoms with van der Waals surface area (Å²) in [4.78, 5) is 30.7. The maximum Gasteiger partial charge on any atom is 0.244 e. The van der Waals surface area contributed by atoms with Gasteiger partial charge in [-0.15, -0.1) is 24.0 Å². The van der Waals surface area contributed by atoms with Crippen molar-refractivity contribution >= 4 is 47.3 Å². The van der Waals surface area contributed by atoms with Gasteiger partial charge in [0.1, 0.15) is 12.4 Å². The average molecular weight is 563 g/mol. The highest BCUT2D eigenvalue weighted by atomic mass is 127. The number of aromatic nitrogens is 1. The summed E-state index contributed by atoms with van der Waals surface area (Å²) in [6.45, 7) is 9.70. The first kappa shape index (κ1) is 25.1. The standard InChI is InChI=1S/C24H33N7O.HI/c1-2-25-24(31-18-14-29(15-19-31)22-10-6-7-11-26-22)27-20-23(32)30-16-12-28(13-17-30)21-8-4-3-5-9-21;/h3-11H,2,12-20H2,1H3,(H,25,27);1H. The van der Waals surface area contributed by atoms with Gasteiger partial charge in [-0.1, -0.05) is 24.3 Å². The van der Waals surface area contributed by atoms with Gasteiger partial charge in [0.25, 0.3) is 0 Å². The molecule has 1 aromatic heterocycles. The molecule has 0 spiro atoms. The highest BCUT2D eigenvalue weighted by molar-refractivity contribution is 14.0. The van der Waals surface area contributed by atoms with Gasteiger partial charge in [-0.3, -0.25) is 4.79 Å². The summed E-state index contributed by atoms with van der Waals surface area (Å²) in [6.07, 6.45) is 1.83. The highest BCUT2D eigenvalue weighted by Crippen LogP contribution is 2.16.